The SMILES string of the molecule is CC.Cc1nc(C)c2cc(F)ccc2n1. The van der Waals surface area contributed by atoms with Crippen LogP contribution < -0.4 is 0 Å². The lowest BCUT2D eigenvalue weighted by Gasteiger charge is -2.01. The molecule has 2 aromatic rings. The minimum atomic E-state index is -0.247. The van der Waals surface area contributed by atoms with Crippen molar-refractivity contribution in [1.82, 2.24) is 9.97 Å². The summed E-state index contributed by atoms with van der Waals surface area (Å²) in [4.78, 5) is 8.36. The van der Waals surface area contributed by atoms with E-state index in [1.54, 1.807) is 6.07 Å². The molecule has 0 unspecified atom stereocenters. The van der Waals surface area contributed by atoms with E-state index >= 15 is 0 Å². The molecule has 0 amide bonds. The predicted octanol–water partition coefficient (Wildman–Crippen LogP) is 3.41. The van der Waals surface area contributed by atoms with E-state index in [4.69, 9.17) is 0 Å². The zero-order valence-corrected chi connectivity index (χ0v) is 9.50. The van der Waals surface area contributed by atoms with Gasteiger partial charge in [-0.1, -0.05) is 13.8 Å². The van der Waals surface area contributed by atoms with Crippen molar-refractivity contribution in [2.24, 2.45) is 0 Å². The maximum absolute atomic E-state index is 12.9. The number of aromatic nitrogens is 2. The predicted molar refractivity (Wildman–Crippen MR) is 60.3 cm³/mol. The molecule has 1 aromatic carbocycles. The van der Waals surface area contributed by atoms with Gasteiger partial charge >= 0.3 is 0 Å². The van der Waals surface area contributed by atoms with Gasteiger partial charge in [-0.3, -0.25) is 0 Å². The minimum absolute atomic E-state index is 0.247. The molecule has 0 aliphatic heterocycles. The fourth-order valence-electron chi connectivity index (χ4n) is 1.40. The first-order valence-electron chi connectivity index (χ1n) is 5.07. The second-order valence-electron chi connectivity index (χ2n) is 3.02. The Kier molecular flexibility index (Phi) is 3.72. The number of rotatable bonds is 0. The van der Waals surface area contributed by atoms with E-state index in [2.05, 4.69) is 9.97 Å². The number of hydrogen-bond acceptors (Lipinski definition) is 2. The number of halogens is 1. The van der Waals surface area contributed by atoms with Gasteiger partial charge in [-0.05, 0) is 32.0 Å². The van der Waals surface area contributed by atoms with Crippen LogP contribution in [0, 0.1) is 19.7 Å². The number of nitrogens with zero attached hydrogens (tertiary/aromatic N) is 2. The monoisotopic (exact) mass is 206 g/mol. The standard InChI is InChI=1S/C10H9FN2.C2H6/c1-6-9-5-8(11)3-4-10(9)13-7(2)12-6;1-2/h3-5H,1-2H3;1-2H3. The van der Waals surface area contributed by atoms with Crippen LogP contribution in [0.5, 0.6) is 0 Å². The van der Waals surface area contributed by atoms with Crippen LogP contribution in [0.15, 0.2) is 18.2 Å². The molecule has 0 radical (unpaired) electrons. The third-order valence-electron chi connectivity index (χ3n) is 1.96. The van der Waals surface area contributed by atoms with E-state index in [0.717, 1.165) is 22.4 Å². The summed E-state index contributed by atoms with van der Waals surface area (Å²) in [6.07, 6.45) is 0. The van der Waals surface area contributed by atoms with Gasteiger partial charge in [0.15, 0.2) is 0 Å². The topological polar surface area (TPSA) is 25.8 Å². The van der Waals surface area contributed by atoms with Crippen molar-refractivity contribution in [2.75, 3.05) is 0 Å². The lowest BCUT2D eigenvalue weighted by molar-refractivity contribution is 0.629. The average Bonchev–Trinajstić information content (AvgIpc) is 2.22. The number of hydrogen-bond donors (Lipinski definition) is 0. The molecule has 15 heavy (non-hydrogen) atoms. The van der Waals surface area contributed by atoms with Gasteiger partial charge in [0.05, 0.1) is 5.52 Å². The highest BCUT2D eigenvalue weighted by atomic mass is 19.1. The number of benzene rings is 1. The molecule has 0 aliphatic rings. The van der Waals surface area contributed by atoms with Gasteiger partial charge in [-0.2, -0.15) is 0 Å². The maximum Gasteiger partial charge on any atom is 0.126 e. The van der Waals surface area contributed by atoms with Crippen LogP contribution in [-0.4, -0.2) is 9.97 Å². The fourth-order valence-corrected chi connectivity index (χ4v) is 1.40. The van der Waals surface area contributed by atoms with Crippen molar-refractivity contribution < 1.29 is 4.39 Å². The molecule has 0 saturated carbocycles. The average molecular weight is 206 g/mol. The van der Waals surface area contributed by atoms with Crippen LogP contribution in [0.3, 0.4) is 0 Å². The molecule has 0 atom stereocenters. The summed E-state index contributed by atoms with van der Waals surface area (Å²) in [5.41, 5.74) is 1.62. The Morgan fingerprint density at radius 3 is 2.40 bits per heavy atom. The van der Waals surface area contributed by atoms with Gasteiger partial charge in [0.25, 0.3) is 0 Å². The van der Waals surface area contributed by atoms with Crippen LogP contribution in [-0.2, 0) is 0 Å². The van der Waals surface area contributed by atoms with E-state index in [0.29, 0.717) is 0 Å². The molecule has 80 valence electrons. The smallest absolute Gasteiger partial charge is 0.126 e. The van der Waals surface area contributed by atoms with Crippen molar-refractivity contribution in [1.29, 1.82) is 0 Å². The first-order chi connectivity index (χ1) is 7.16. The molecule has 0 aliphatic carbocycles. The number of fused-ring (bicyclic) bond motifs is 1. The zero-order valence-electron chi connectivity index (χ0n) is 9.50. The largest absolute Gasteiger partial charge is 0.238 e. The van der Waals surface area contributed by atoms with Crippen molar-refractivity contribution in [3.05, 3.63) is 35.5 Å². The normalized spacial score (nSPS) is 9.67. The van der Waals surface area contributed by atoms with Gasteiger partial charge < -0.3 is 0 Å². The fraction of sp³-hybridized carbons (Fsp3) is 0.333. The van der Waals surface area contributed by atoms with Gasteiger partial charge in [0.1, 0.15) is 11.6 Å². The molecule has 0 fully saturated rings. The lowest BCUT2D eigenvalue weighted by atomic mass is 10.2. The molecule has 0 spiro atoms. The van der Waals surface area contributed by atoms with Crippen LogP contribution in [0.4, 0.5) is 4.39 Å². The Hall–Kier alpha value is -1.51. The van der Waals surface area contributed by atoms with E-state index in [1.807, 2.05) is 27.7 Å². The Morgan fingerprint density at radius 2 is 1.73 bits per heavy atom. The Labute approximate surface area is 89.2 Å². The molecular formula is C12H15FN2. The van der Waals surface area contributed by atoms with E-state index in [1.165, 1.54) is 12.1 Å². The molecule has 2 nitrogen and oxygen atoms in total. The lowest BCUT2D eigenvalue weighted by Crippen LogP contribution is -1.93. The molecule has 1 heterocycles. The van der Waals surface area contributed by atoms with Crippen LogP contribution in [0.1, 0.15) is 25.4 Å². The van der Waals surface area contributed by atoms with Gasteiger partial charge in [0.2, 0.25) is 0 Å². The minimum Gasteiger partial charge on any atom is -0.238 e. The number of aryl methyl sites for hydroxylation is 2. The molecule has 0 saturated heterocycles. The van der Waals surface area contributed by atoms with E-state index < -0.39 is 0 Å². The summed E-state index contributed by atoms with van der Waals surface area (Å²) in [5, 5.41) is 0.783. The van der Waals surface area contributed by atoms with Crippen LogP contribution >= 0.6 is 0 Å². The molecule has 0 bridgehead atoms. The van der Waals surface area contributed by atoms with Gasteiger partial charge in [0, 0.05) is 11.1 Å². The van der Waals surface area contributed by atoms with E-state index in [-0.39, 0.29) is 5.82 Å². The summed E-state index contributed by atoms with van der Waals surface area (Å²) in [5.74, 6) is 0.472. The first-order valence-corrected chi connectivity index (χ1v) is 5.07. The van der Waals surface area contributed by atoms with Crippen molar-refractivity contribution in [3.63, 3.8) is 0 Å². The highest BCUT2D eigenvalue weighted by Crippen LogP contribution is 2.16. The van der Waals surface area contributed by atoms with Crippen molar-refractivity contribution in [3.8, 4) is 0 Å². The Balaban J connectivity index is 0.000000531. The van der Waals surface area contributed by atoms with Crippen LogP contribution in [0.25, 0.3) is 10.9 Å². The molecule has 3 heteroatoms. The maximum atomic E-state index is 12.9. The van der Waals surface area contributed by atoms with E-state index in [9.17, 15) is 4.39 Å². The molecule has 1 aromatic heterocycles. The summed E-state index contributed by atoms with van der Waals surface area (Å²) >= 11 is 0. The molecule has 2 rings (SSSR count). The van der Waals surface area contributed by atoms with Crippen LogP contribution in [0.2, 0.25) is 0 Å². The quantitative estimate of drug-likeness (QED) is 0.660. The van der Waals surface area contributed by atoms with Crippen molar-refractivity contribution in [2.45, 2.75) is 27.7 Å². The zero-order chi connectivity index (χ0) is 11.4. The van der Waals surface area contributed by atoms with Gasteiger partial charge in [-0.15, -0.1) is 0 Å². The Bertz CT molecular complexity index is 466. The molecule has 0 N–H and O–H groups in total. The summed E-state index contributed by atoms with van der Waals surface area (Å²) in [6.45, 7) is 7.69. The summed E-state index contributed by atoms with van der Waals surface area (Å²) in [7, 11) is 0. The third kappa shape index (κ3) is 2.49. The Morgan fingerprint density at radius 1 is 1.07 bits per heavy atom. The third-order valence-corrected chi connectivity index (χ3v) is 1.96. The highest BCUT2D eigenvalue weighted by molar-refractivity contribution is 5.80. The molecular weight excluding hydrogens is 191 g/mol. The highest BCUT2D eigenvalue weighted by Gasteiger charge is 2.02. The summed E-state index contributed by atoms with van der Waals surface area (Å²) < 4.78 is 12.9. The summed E-state index contributed by atoms with van der Waals surface area (Å²) in [6, 6.07) is 4.55. The van der Waals surface area contributed by atoms with Crippen molar-refractivity contribution >= 4 is 10.9 Å². The van der Waals surface area contributed by atoms with Gasteiger partial charge in [-0.25, -0.2) is 14.4 Å². The second kappa shape index (κ2) is 4.82. The second-order valence-corrected chi connectivity index (χ2v) is 3.02. The first kappa shape index (κ1) is 11.6.